The Hall–Kier alpha value is -1.67. The van der Waals surface area contributed by atoms with Crippen molar-refractivity contribution in [2.75, 3.05) is 24.1 Å². The lowest BCUT2D eigenvalue weighted by Gasteiger charge is -2.14. The SMILES string of the molecule is CS(=O)(=O)Nc1ccc(F)cc1C(=O)NC1CCNC1. The maximum atomic E-state index is 13.3. The first-order valence-corrected chi connectivity index (χ1v) is 8.03. The Morgan fingerprint density at radius 1 is 1.45 bits per heavy atom. The van der Waals surface area contributed by atoms with Crippen LogP contribution in [0.1, 0.15) is 16.8 Å². The number of nitrogens with one attached hydrogen (secondary N) is 3. The molecule has 3 N–H and O–H groups in total. The maximum Gasteiger partial charge on any atom is 0.253 e. The normalized spacial score (nSPS) is 18.8. The van der Waals surface area contributed by atoms with Crippen LogP contribution in [0.5, 0.6) is 0 Å². The Bertz CT molecular complexity index is 612. The van der Waals surface area contributed by atoms with Gasteiger partial charge in [0.05, 0.1) is 17.5 Å². The molecular formula is C12H16FN3O3S. The summed E-state index contributed by atoms with van der Waals surface area (Å²) in [5.41, 5.74) is 0.0414. The molecule has 1 atom stereocenters. The summed E-state index contributed by atoms with van der Waals surface area (Å²) >= 11 is 0. The maximum absolute atomic E-state index is 13.3. The van der Waals surface area contributed by atoms with Crippen LogP contribution in [0.2, 0.25) is 0 Å². The van der Waals surface area contributed by atoms with Crippen molar-refractivity contribution in [3.8, 4) is 0 Å². The standard InChI is InChI=1S/C12H16FN3O3S/c1-20(18,19)16-11-3-2-8(13)6-10(11)12(17)15-9-4-5-14-7-9/h2-3,6,9,14,16H,4-5,7H2,1H3,(H,15,17). The summed E-state index contributed by atoms with van der Waals surface area (Å²) in [6, 6.07) is 3.32. The van der Waals surface area contributed by atoms with E-state index in [1.54, 1.807) is 0 Å². The number of rotatable bonds is 4. The fourth-order valence-corrected chi connectivity index (χ4v) is 2.61. The van der Waals surface area contributed by atoms with Crippen molar-refractivity contribution in [1.29, 1.82) is 0 Å². The Kier molecular flexibility index (Phi) is 4.24. The monoisotopic (exact) mass is 301 g/mol. The van der Waals surface area contributed by atoms with E-state index in [-0.39, 0.29) is 17.3 Å². The smallest absolute Gasteiger partial charge is 0.253 e. The molecule has 20 heavy (non-hydrogen) atoms. The topological polar surface area (TPSA) is 87.3 Å². The van der Waals surface area contributed by atoms with Crippen LogP contribution in [-0.2, 0) is 10.0 Å². The van der Waals surface area contributed by atoms with Gasteiger partial charge < -0.3 is 10.6 Å². The van der Waals surface area contributed by atoms with Crippen molar-refractivity contribution < 1.29 is 17.6 Å². The van der Waals surface area contributed by atoms with Gasteiger partial charge in [0.25, 0.3) is 5.91 Å². The number of halogens is 1. The molecule has 8 heteroatoms. The first-order chi connectivity index (χ1) is 9.35. The van der Waals surface area contributed by atoms with Crippen molar-refractivity contribution in [2.45, 2.75) is 12.5 Å². The van der Waals surface area contributed by atoms with Crippen molar-refractivity contribution in [3.63, 3.8) is 0 Å². The van der Waals surface area contributed by atoms with Crippen LogP contribution in [0.25, 0.3) is 0 Å². The molecular weight excluding hydrogens is 285 g/mol. The molecule has 0 aliphatic carbocycles. The van der Waals surface area contributed by atoms with Gasteiger partial charge in [-0.05, 0) is 31.2 Å². The number of sulfonamides is 1. The Morgan fingerprint density at radius 3 is 2.80 bits per heavy atom. The minimum Gasteiger partial charge on any atom is -0.348 e. The lowest BCUT2D eigenvalue weighted by Crippen LogP contribution is -2.36. The highest BCUT2D eigenvalue weighted by atomic mass is 32.2. The minimum atomic E-state index is -3.54. The fraction of sp³-hybridized carbons (Fsp3) is 0.417. The first kappa shape index (κ1) is 14.7. The van der Waals surface area contributed by atoms with Gasteiger partial charge in [-0.1, -0.05) is 0 Å². The van der Waals surface area contributed by atoms with Gasteiger partial charge in [0.15, 0.2) is 0 Å². The van der Waals surface area contributed by atoms with Crippen molar-refractivity contribution in [1.82, 2.24) is 10.6 Å². The summed E-state index contributed by atoms with van der Waals surface area (Å²) in [5.74, 6) is -1.09. The molecule has 110 valence electrons. The van der Waals surface area contributed by atoms with Gasteiger partial charge in [0, 0.05) is 12.6 Å². The molecule has 0 bridgehead atoms. The summed E-state index contributed by atoms with van der Waals surface area (Å²) < 4.78 is 38.0. The van der Waals surface area contributed by atoms with Crippen LogP contribution in [-0.4, -0.2) is 39.7 Å². The second kappa shape index (κ2) is 5.76. The van der Waals surface area contributed by atoms with Gasteiger partial charge in [-0.25, -0.2) is 12.8 Å². The number of hydrogen-bond acceptors (Lipinski definition) is 4. The van der Waals surface area contributed by atoms with E-state index < -0.39 is 21.7 Å². The number of hydrogen-bond donors (Lipinski definition) is 3. The summed E-state index contributed by atoms with van der Waals surface area (Å²) in [7, 11) is -3.54. The first-order valence-electron chi connectivity index (χ1n) is 6.14. The molecule has 0 aromatic heterocycles. The lowest BCUT2D eigenvalue weighted by molar-refractivity contribution is 0.0940. The van der Waals surface area contributed by atoms with Gasteiger partial charge in [-0.2, -0.15) is 0 Å². The summed E-state index contributed by atoms with van der Waals surface area (Å²) in [4.78, 5) is 12.1. The van der Waals surface area contributed by atoms with Gasteiger partial charge in [-0.3, -0.25) is 9.52 Å². The number of amides is 1. The molecule has 0 radical (unpaired) electrons. The zero-order valence-electron chi connectivity index (χ0n) is 10.9. The molecule has 1 fully saturated rings. The van der Waals surface area contributed by atoms with Gasteiger partial charge in [0.2, 0.25) is 10.0 Å². The third-order valence-electron chi connectivity index (χ3n) is 2.92. The number of carbonyl (C=O) groups is 1. The van der Waals surface area contributed by atoms with Gasteiger partial charge in [0.1, 0.15) is 5.82 Å². The van der Waals surface area contributed by atoms with E-state index in [2.05, 4.69) is 15.4 Å². The average Bonchev–Trinajstić information content (AvgIpc) is 2.82. The van der Waals surface area contributed by atoms with Crippen LogP contribution in [0.4, 0.5) is 10.1 Å². The largest absolute Gasteiger partial charge is 0.348 e. The minimum absolute atomic E-state index is 0.0256. The molecule has 1 aliphatic rings. The molecule has 0 spiro atoms. The number of benzene rings is 1. The van der Waals surface area contributed by atoms with Crippen LogP contribution in [0, 0.1) is 5.82 Å². The zero-order chi connectivity index (χ0) is 14.8. The predicted molar refractivity (Wildman–Crippen MR) is 73.6 cm³/mol. The zero-order valence-corrected chi connectivity index (χ0v) is 11.8. The van der Waals surface area contributed by atoms with Crippen LogP contribution in [0.15, 0.2) is 18.2 Å². The molecule has 1 heterocycles. The fourth-order valence-electron chi connectivity index (χ4n) is 2.03. The highest BCUT2D eigenvalue weighted by Crippen LogP contribution is 2.18. The third kappa shape index (κ3) is 3.91. The summed E-state index contributed by atoms with van der Waals surface area (Å²) in [5, 5.41) is 5.84. The Morgan fingerprint density at radius 2 is 2.20 bits per heavy atom. The third-order valence-corrected chi connectivity index (χ3v) is 3.51. The molecule has 2 rings (SSSR count). The van der Waals surface area contributed by atoms with Crippen molar-refractivity contribution >= 4 is 21.6 Å². The number of anilines is 1. The van der Waals surface area contributed by atoms with E-state index in [9.17, 15) is 17.6 Å². The molecule has 0 saturated carbocycles. The van der Waals surface area contributed by atoms with E-state index in [1.165, 1.54) is 6.07 Å². The lowest BCUT2D eigenvalue weighted by atomic mass is 10.1. The molecule has 1 aromatic carbocycles. The van der Waals surface area contributed by atoms with E-state index in [0.29, 0.717) is 6.54 Å². The Labute approximate surface area is 116 Å². The second-order valence-corrected chi connectivity index (χ2v) is 6.48. The molecule has 1 aliphatic heterocycles. The van der Waals surface area contributed by atoms with Gasteiger partial charge in [-0.15, -0.1) is 0 Å². The highest BCUT2D eigenvalue weighted by molar-refractivity contribution is 7.92. The molecule has 6 nitrogen and oxygen atoms in total. The summed E-state index contributed by atoms with van der Waals surface area (Å²) in [6.45, 7) is 1.46. The van der Waals surface area contributed by atoms with Crippen LogP contribution < -0.4 is 15.4 Å². The van der Waals surface area contributed by atoms with E-state index >= 15 is 0 Å². The highest BCUT2D eigenvalue weighted by Gasteiger charge is 2.20. The molecule has 1 aromatic rings. The van der Waals surface area contributed by atoms with Crippen LogP contribution >= 0.6 is 0 Å². The van der Waals surface area contributed by atoms with Crippen LogP contribution in [0.3, 0.4) is 0 Å². The second-order valence-electron chi connectivity index (χ2n) is 4.73. The Balaban J connectivity index is 2.23. The van der Waals surface area contributed by atoms with Gasteiger partial charge >= 0.3 is 0 Å². The van der Waals surface area contributed by atoms with E-state index in [4.69, 9.17) is 0 Å². The van der Waals surface area contributed by atoms with Crippen molar-refractivity contribution in [3.05, 3.63) is 29.6 Å². The van der Waals surface area contributed by atoms with E-state index in [0.717, 1.165) is 31.4 Å². The summed E-state index contributed by atoms with van der Waals surface area (Å²) in [6.07, 6.45) is 1.76. The molecule has 1 unspecified atom stereocenters. The predicted octanol–water partition coefficient (Wildman–Crippen LogP) is 0.289. The number of carbonyl (C=O) groups excluding carboxylic acids is 1. The average molecular weight is 301 g/mol. The van der Waals surface area contributed by atoms with Crippen molar-refractivity contribution in [2.24, 2.45) is 0 Å². The molecule has 1 saturated heterocycles. The quantitative estimate of drug-likeness (QED) is 0.746. The van der Waals surface area contributed by atoms with E-state index in [1.807, 2.05) is 0 Å². The molecule has 1 amide bonds.